The van der Waals surface area contributed by atoms with Crippen LogP contribution in [0, 0.1) is 6.10 Å². The Bertz CT molecular complexity index is 540. The van der Waals surface area contributed by atoms with Gasteiger partial charge < -0.3 is 38.6 Å². The molecule has 0 bridgehead atoms. The number of rotatable bonds is 10. The number of hydrogen-bond donors (Lipinski definition) is 1. The van der Waals surface area contributed by atoms with E-state index in [2.05, 4.69) is 0 Å². The summed E-state index contributed by atoms with van der Waals surface area (Å²) in [6.45, 7) is 11.2. The Morgan fingerprint density at radius 1 is 1.24 bits per heavy atom. The minimum Gasteiger partial charge on any atom is -0.756 e. The van der Waals surface area contributed by atoms with Gasteiger partial charge in [0, 0.05) is 33.3 Å². The van der Waals surface area contributed by atoms with E-state index in [0.29, 0.717) is 12.5 Å². The summed E-state index contributed by atoms with van der Waals surface area (Å²) in [5.74, 6) is 0. The van der Waals surface area contributed by atoms with Gasteiger partial charge in [-0.05, 0) is 60.7 Å². The van der Waals surface area contributed by atoms with Crippen LogP contribution in [0.4, 0.5) is 0 Å². The number of ether oxygens (including phenoxy) is 4. The molecule has 0 spiro atoms. The Morgan fingerprint density at radius 2 is 1.90 bits per heavy atom. The van der Waals surface area contributed by atoms with Crippen LogP contribution < -0.4 is 10.6 Å². The van der Waals surface area contributed by atoms with Crippen LogP contribution in [-0.2, 0) is 53.6 Å². The molecule has 2 unspecified atom stereocenters. The third-order valence-electron chi connectivity index (χ3n) is 4.58. The van der Waals surface area contributed by atoms with Crippen molar-refractivity contribution < 1.29 is 58.5 Å². The van der Waals surface area contributed by atoms with E-state index >= 15 is 0 Å². The molecule has 0 aliphatic carbocycles. The monoisotopic (exact) mass is 607 g/mol. The standard InChI is InChI=1S/C18H35NO8P.W/c1-10(2)22-8-16-18(17(19)13(6)26-16)27-28(20,21)23-9-15-14(24-11(3)4)7-12(5)25-15;/h10-14,16-18H,7-9,19H2,1-6H3,(H,20,21);/q-1;/p-1/t12-,13-,14+,16+,17?,18-;/m0./s1. The molecule has 2 fully saturated rings. The van der Waals surface area contributed by atoms with Gasteiger partial charge in [-0.15, -0.1) is 6.10 Å². The molecule has 2 rings (SSSR count). The maximum absolute atomic E-state index is 12.4. The molecular formula is C18H34NO8PW-2. The van der Waals surface area contributed by atoms with Crippen molar-refractivity contribution in [3.63, 3.8) is 0 Å². The SMILES string of the molecule is CC(C)OC[C@H]1O[C@@H](C)C(N)[C@H]1OP(=O)([O-])OC[C-]1O[C@@H](C)C[C@H]1OC(C)C.[W]. The van der Waals surface area contributed by atoms with E-state index in [-0.39, 0.29) is 64.8 Å². The second-order valence-electron chi connectivity index (χ2n) is 7.93. The molecule has 9 nitrogen and oxygen atoms in total. The van der Waals surface area contributed by atoms with Gasteiger partial charge in [-0.2, -0.15) is 0 Å². The van der Waals surface area contributed by atoms with Crippen LogP contribution in [0.5, 0.6) is 0 Å². The van der Waals surface area contributed by atoms with Crippen LogP contribution >= 0.6 is 7.82 Å². The largest absolute Gasteiger partial charge is 0.756 e. The molecule has 0 amide bonds. The molecule has 2 N–H and O–H groups in total. The normalized spacial score (nSPS) is 35.2. The first-order chi connectivity index (χ1) is 13.0. The van der Waals surface area contributed by atoms with Crippen LogP contribution in [0.1, 0.15) is 48.0 Å². The summed E-state index contributed by atoms with van der Waals surface area (Å²) in [7, 11) is -4.65. The summed E-state index contributed by atoms with van der Waals surface area (Å²) >= 11 is 0. The first-order valence-electron chi connectivity index (χ1n) is 9.83. The topological polar surface area (TPSA) is 122 Å². The second-order valence-corrected chi connectivity index (χ2v) is 9.30. The van der Waals surface area contributed by atoms with Gasteiger partial charge in [-0.1, -0.05) is 0 Å². The quantitative estimate of drug-likeness (QED) is 0.291. The molecule has 2 heterocycles. The Balaban J connectivity index is 0.00000420. The van der Waals surface area contributed by atoms with Crippen LogP contribution in [0.15, 0.2) is 0 Å². The van der Waals surface area contributed by atoms with Crippen molar-refractivity contribution in [1.29, 1.82) is 0 Å². The van der Waals surface area contributed by atoms with E-state index in [9.17, 15) is 9.46 Å². The third kappa shape index (κ3) is 8.57. The van der Waals surface area contributed by atoms with E-state index in [1.807, 2.05) is 34.6 Å². The zero-order valence-electron chi connectivity index (χ0n) is 17.9. The van der Waals surface area contributed by atoms with Crippen molar-refractivity contribution in [2.24, 2.45) is 5.73 Å². The van der Waals surface area contributed by atoms with Gasteiger partial charge >= 0.3 is 0 Å². The van der Waals surface area contributed by atoms with Crippen molar-refractivity contribution in [2.45, 2.75) is 96.7 Å². The first kappa shape index (κ1) is 27.6. The van der Waals surface area contributed by atoms with Crippen LogP contribution in [-0.4, -0.2) is 62.0 Å². The van der Waals surface area contributed by atoms with Crippen molar-refractivity contribution in [1.82, 2.24) is 0 Å². The number of nitrogens with two attached hydrogens (primary N) is 1. The van der Waals surface area contributed by atoms with Crippen molar-refractivity contribution >= 4 is 7.82 Å². The summed E-state index contributed by atoms with van der Waals surface area (Å²) in [6.07, 6.45) is -1.15. The van der Waals surface area contributed by atoms with E-state index < -0.39 is 26.1 Å². The maximum Gasteiger partial charge on any atom is 0.265 e. The molecule has 0 radical (unpaired) electrons. The summed E-state index contributed by atoms with van der Waals surface area (Å²) in [5, 5.41) is 0. The number of phosphoric acid groups is 1. The van der Waals surface area contributed by atoms with Crippen LogP contribution in [0.3, 0.4) is 0 Å². The Labute approximate surface area is 188 Å². The van der Waals surface area contributed by atoms with Crippen molar-refractivity contribution in [3.05, 3.63) is 6.10 Å². The van der Waals surface area contributed by atoms with Gasteiger partial charge in [0.15, 0.2) is 0 Å². The Kier molecular flexibility index (Phi) is 11.4. The summed E-state index contributed by atoms with van der Waals surface area (Å²) in [4.78, 5) is 12.4. The van der Waals surface area contributed by atoms with E-state index in [4.69, 9.17) is 33.7 Å². The smallest absolute Gasteiger partial charge is 0.265 e. The molecule has 7 atom stereocenters. The van der Waals surface area contributed by atoms with Gasteiger partial charge in [-0.25, -0.2) is 0 Å². The Hall–Kier alpha value is 0.598. The molecule has 29 heavy (non-hydrogen) atoms. The molecule has 11 heteroatoms. The first-order valence-corrected chi connectivity index (χ1v) is 11.3. The molecule has 0 aromatic heterocycles. The molecule has 2 aliphatic heterocycles. The fourth-order valence-electron chi connectivity index (χ4n) is 3.24. The zero-order chi connectivity index (χ0) is 21.1. The van der Waals surface area contributed by atoms with E-state index in [1.54, 1.807) is 6.92 Å². The van der Waals surface area contributed by atoms with Crippen LogP contribution in [0.25, 0.3) is 0 Å². The predicted octanol–water partition coefficient (Wildman–Crippen LogP) is 1.53. The third-order valence-corrected chi connectivity index (χ3v) is 5.53. The fraction of sp³-hybridized carbons (Fsp3) is 0.944. The predicted molar refractivity (Wildman–Crippen MR) is 100 cm³/mol. The fourth-order valence-corrected chi connectivity index (χ4v) is 4.16. The molecule has 0 aromatic carbocycles. The number of hydrogen-bond acceptors (Lipinski definition) is 9. The summed E-state index contributed by atoms with van der Waals surface area (Å²) < 4.78 is 45.4. The molecule has 0 saturated carbocycles. The van der Waals surface area contributed by atoms with Crippen LogP contribution in [0.2, 0.25) is 0 Å². The minimum atomic E-state index is -4.65. The maximum atomic E-state index is 12.4. The van der Waals surface area contributed by atoms with E-state index in [0.717, 1.165) is 0 Å². The average Bonchev–Trinajstić information content (AvgIpc) is 3.04. The number of phosphoric ester groups is 1. The zero-order valence-corrected chi connectivity index (χ0v) is 21.8. The molecule has 0 aromatic rings. The van der Waals surface area contributed by atoms with Gasteiger partial charge in [0.1, 0.15) is 12.2 Å². The molecule has 2 saturated heterocycles. The van der Waals surface area contributed by atoms with Gasteiger partial charge in [0.25, 0.3) is 7.82 Å². The van der Waals surface area contributed by atoms with E-state index in [1.165, 1.54) is 0 Å². The summed E-state index contributed by atoms with van der Waals surface area (Å²) in [6, 6.07) is -0.612. The van der Waals surface area contributed by atoms with Gasteiger partial charge in [-0.3, -0.25) is 4.57 Å². The molecule has 172 valence electrons. The molecule has 2 aliphatic rings. The van der Waals surface area contributed by atoms with Gasteiger partial charge in [0.2, 0.25) is 0 Å². The Morgan fingerprint density at radius 3 is 2.48 bits per heavy atom. The molecular weight excluding hydrogens is 573 g/mol. The minimum absolute atomic E-state index is 0. The summed E-state index contributed by atoms with van der Waals surface area (Å²) in [5.41, 5.74) is 6.07. The second kappa shape index (κ2) is 12.0. The van der Waals surface area contributed by atoms with Crippen molar-refractivity contribution in [3.8, 4) is 0 Å². The van der Waals surface area contributed by atoms with Crippen molar-refractivity contribution in [2.75, 3.05) is 13.2 Å². The van der Waals surface area contributed by atoms with Gasteiger partial charge in [0.05, 0.1) is 24.9 Å². The average molecular weight is 607 g/mol.